The Balaban J connectivity index is 2.75. The number of aliphatic hydroxyl groups excluding tert-OH is 1. The van der Waals surface area contributed by atoms with Crippen LogP contribution in [0.4, 0.5) is 0 Å². The molecule has 96 valence electrons. The van der Waals surface area contributed by atoms with Crippen LogP contribution in [-0.2, 0) is 6.54 Å². The highest BCUT2D eigenvalue weighted by molar-refractivity contribution is 5.45. The summed E-state index contributed by atoms with van der Waals surface area (Å²) in [7, 11) is 0. The van der Waals surface area contributed by atoms with Crippen molar-refractivity contribution >= 4 is 0 Å². The zero-order valence-electron chi connectivity index (χ0n) is 10.7. The molecule has 0 atom stereocenters. The van der Waals surface area contributed by atoms with Crippen LogP contribution in [0.15, 0.2) is 18.2 Å². The number of ether oxygens (including phenoxy) is 1. The molecule has 0 aliphatic rings. The van der Waals surface area contributed by atoms with E-state index in [0.29, 0.717) is 18.9 Å². The van der Waals surface area contributed by atoms with Crippen molar-refractivity contribution < 1.29 is 14.9 Å². The molecule has 0 aliphatic heterocycles. The predicted molar refractivity (Wildman–Crippen MR) is 67.3 cm³/mol. The fraction of sp³-hybridized carbons (Fsp3) is 0.538. The van der Waals surface area contributed by atoms with Crippen LogP contribution in [0.3, 0.4) is 0 Å². The van der Waals surface area contributed by atoms with E-state index in [1.165, 1.54) is 0 Å². The second kappa shape index (κ2) is 5.89. The van der Waals surface area contributed by atoms with E-state index in [0.717, 1.165) is 5.56 Å². The van der Waals surface area contributed by atoms with E-state index in [9.17, 15) is 5.11 Å². The molecule has 4 heteroatoms. The third kappa shape index (κ3) is 3.91. The molecule has 1 rings (SSSR count). The molecule has 0 unspecified atom stereocenters. The van der Waals surface area contributed by atoms with Gasteiger partial charge in [-0.3, -0.25) is 0 Å². The summed E-state index contributed by atoms with van der Waals surface area (Å²) in [4.78, 5) is 0. The van der Waals surface area contributed by atoms with Crippen molar-refractivity contribution in [3.8, 4) is 11.5 Å². The monoisotopic (exact) mass is 239 g/mol. The number of hydrogen-bond donors (Lipinski definition) is 3. The second-order valence-corrected chi connectivity index (χ2v) is 4.59. The molecule has 17 heavy (non-hydrogen) atoms. The second-order valence-electron chi connectivity index (χ2n) is 4.59. The largest absolute Gasteiger partial charge is 0.504 e. The Morgan fingerprint density at radius 2 is 2.06 bits per heavy atom. The first-order valence-electron chi connectivity index (χ1n) is 5.79. The highest BCUT2D eigenvalue weighted by Crippen LogP contribution is 2.29. The Labute approximate surface area is 102 Å². The summed E-state index contributed by atoms with van der Waals surface area (Å²) in [5.74, 6) is 0.657. The molecule has 1 aromatic rings. The van der Waals surface area contributed by atoms with Crippen molar-refractivity contribution in [2.45, 2.75) is 32.9 Å². The van der Waals surface area contributed by atoms with Gasteiger partial charge in [-0.15, -0.1) is 0 Å². The Kier molecular flexibility index (Phi) is 4.78. The maximum atomic E-state index is 9.96. The van der Waals surface area contributed by atoms with E-state index in [1.807, 2.05) is 32.9 Å². The van der Waals surface area contributed by atoms with Crippen LogP contribution in [0.25, 0.3) is 0 Å². The number of phenolic OH excluding ortho intramolecular Hbond substituents is 1. The molecule has 0 radical (unpaired) electrons. The zero-order valence-corrected chi connectivity index (χ0v) is 10.7. The molecular weight excluding hydrogens is 218 g/mol. The van der Waals surface area contributed by atoms with Gasteiger partial charge in [0, 0.05) is 17.6 Å². The van der Waals surface area contributed by atoms with Gasteiger partial charge in [-0.05, 0) is 26.8 Å². The molecule has 0 aliphatic carbocycles. The van der Waals surface area contributed by atoms with E-state index in [-0.39, 0.29) is 17.9 Å². The van der Waals surface area contributed by atoms with Crippen molar-refractivity contribution in [1.82, 2.24) is 5.32 Å². The molecule has 0 amide bonds. The first kappa shape index (κ1) is 13.8. The lowest BCUT2D eigenvalue weighted by Gasteiger charge is -2.24. The van der Waals surface area contributed by atoms with Gasteiger partial charge in [0.05, 0.1) is 13.2 Å². The number of nitrogens with one attached hydrogen (secondary N) is 1. The lowest BCUT2D eigenvalue weighted by Crippen LogP contribution is -2.42. The normalized spacial score (nSPS) is 11.5. The molecular formula is C13H21NO3. The third-order valence-corrected chi connectivity index (χ3v) is 2.54. The molecule has 0 heterocycles. The highest BCUT2D eigenvalue weighted by atomic mass is 16.5. The van der Waals surface area contributed by atoms with Crippen molar-refractivity contribution in [1.29, 1.82) is 0 Å². The van der Waals surface area contributed by atoms with Gasteiger partial charge in [0.15, 0.2) is 11.5 Å². The van der Waals surface area contributed by atoms with Crippen LogP contribution in [0.1, 0.15) is 26.3 Å². The van der Waals surface area contributed by atoms with Gasteiger partial charge < -0.3 is 20.3 Å². The van der Waals surface area contributed by atoms with Gasteiger partial charge in [-0.2, -0.15) is 0 Å². The highest BCUT2D eigenvalue weighted by Gasteiger charge is 2.16. The van der Waals surface area contributed by atoms with Crippen molar-refractivity contribution in [2.24, 2.45) is 0 Å². The number of aromatic hydroxyl groups is 1. The lowest BCUT2D eigenvalue weighted by molar-refractivity contribution is 0.187. The summed E-state index contributed by atoms with van der Waals surface area (Å²) in [6.45, 7) is 6.72. The Bertz CT molecular complexity index is 364. The van der Waals surface area contributed by atoms with Crippen LogP contribution in [-0.4, -0.2) is 29.0 Å². The Morgan fingerprint density at radius 3 is 2.65 bits per heavy atom. The molecule has 1 aromatic carbocycles. The smallest absolute Gasteiger partial charge is 0.162 e. The van der Waals surface area contributed by atoms with Crippen LogP contribution in [0.2, 0.25) is 0 Å². The van der Waals surface area contributed by atoms with Crippen LogP contribution >= 0.6 is 0 Å². The van der Waals surface area contributed by atoms with Gasteiger partial charge in [-0.1, -0.05) is 12.1 Å². The minimum absolute atomic E-state index is 0.0406. The topological polar surface area (TPSA) is 61.7 Å². The minimum Gasteiger partial charge on any atom is -0.504 e. The van der Waals surface area contributed by atoms with Gasteiger partial charge >= 0.3 is 0 Å². The molecule has 0 bridgehead atoms. The zero-order chi connectivity index (χ0) is 12.9. The van der Waals surface area contributed by atoms with Gasteiger partial charge in [0.2, 0.25) is 0 Å². The fourth-order valence-electron chi connectivity index (χ4n) is 1.37. The van der Waals surface area contributed by atoms with Gasteiger partial charge in [-0.25, -0.2) is 0 Å². The average molecular weight is 239 g/mol. The quantitative estimate of drug-likeness (QED) is 0.706. The maximum Gasteiger partial charge on any atom is 0.162 e. The van der Waals surface area contributed by atoms with Crippen LogP contribution in [0.5, 0.6) is 11.5 Å². The van der Waals surface area contributed by atoms with E-state index in [4.69, 9.17) is 9.84 Å². The van der Waals surface area contributed by atoms with E-state index in [1.54, 1.807) is 6.07 Å². The number of hydrogen-bond acceptors (Lipinski definition) is 4. The minimum atomic E-state index is -0.367. The van der Waals surface area contributed by atoms with E-state index < -0.39 is 0 Å². The van der Waals surface area contributed by atoms with Crippen LogP contribution < -0.4 is 10.1 Å². The molecule has 0 fully saturated rings. The maximum absolute atomic E-state index is 9.96. The molecule has 0 saturated carbocycles. The predicted octanol–water partition coefficient (Wildman–Crippen LogP) is 1.65. The summed E-state index contributed by atoms with van der Waals surface area (Å²) < 4.78 is 5.31. The van der Waals surface area contributed by atoms with Crippen molar-refractivity contribution in [3.63, 3.8) is 0 Å². The molecule has 3 N–H and O–H groups in total. The van der Waals surface area contributed by atoms with Crippen LogP contribution in [0, 0.1) is 0 Å². The number of rotatable bonds is 6. The summed E-state index contributed by atoms with van der Waals surface area (Å²) in [6, 6.07) is 5.41. The Morgan fingerprint density at radius 1 is 1.35 bits per heavy atom. The summed E-state index contributed by atoms with van der Waals surface area (Å²) in [5, 5.41) is 22.3. The number of benzene rings is 1. The molecule has 0 saturated heterocycles. The fourth-order valence-corrected chi connectivity index (χ4v) is 1.37. The standard InChI is InChI=1S/C13H21NO3/c1-4-17-11-7-5-6-10(12(11)16)8-14-13(2,3)9-15/h5-7,14-16H,4,8-9H2,1-3H3. The number of para-hydroxylation sites is 1. The summed E-state index contributed by atoms with van der Waals surface area (Å²) in [6.07, 6.45) is 0. The average Bonchev–Trinajstić information content (AvgIpc) is 2.31. The van der Waals surface area contributed by atoms with E-state index in [2.05, 4.69) is 5.32 Å². The number of phenols is 1. The van der Waals surface area contributed by atoms with Gasteiger partial charge in [0.25, 0.3) is 0 Å². The summed E-state index contributed by atoms with van der Waals surface area (Å²) in [5.41, 5.74) is 0.395. The first-order chi connectivity index (χ1) is 8.00. The SMILES string of the molecule is CCOc1cccc(CNC(C)(C)CO)c1O. The van der Waals surface area contributed by atoms with Crippen molar-refractivity contribution in [3.05, 3.63) is 23.8 Å². The third-order valence-electron chi connectivity index (χ3n) is 2.54. The van der Waals surface area contributed by atoms with E-state index >= 15 is 0 Å². The lowest BCUT2D eigenvalue weighted by atomic mass is 10.1. The molecule has 0 spiro atoms. The van der Waals surface area contributed by atoms with Crippen molar-refractivity contribution in [2.75, 3.05) is 13.2 Å². The Hall–Kier alpha value is -1.26. The molecule has 4 nitrogen and oxygen atoms in total. The number of aliphatic hydroxyl groups is 1. The van der Waals surface area contributed by atoms with Gasteiger partial charge in [0.1, 0.15) is 0 Å². The first-order valence-corrected chi connectivity index (χ1v) is 5.79. The summed E-state index contributed by atoms with van der Waals surface area (Å²) >= 11 is 0. The molecule has 0 aromatic heterocycles.